The van der Waals surface area contributed by atoms with Gasteiger partial charge in [0.15, 0.2) is 14.1 Å². The SMILES string of the molecule is COC(=O)/C=C/[C@@H]1O[C@H](CO[Si](C)(C)C(C)(C)C)[C@@H]2OC(C)(C)O[C@@H]21. The molecule has 2 heterocycles. The van der Waals surface area contributed by atoms with Crippen LogP contribution in [0.2, 0.25) is 18.1 Å². The van der Waals surface area contributed by atoms with Crippen molar-refractivity contribution in [2.45, 2.75) is 83.0 Å². The number of esters is 1. The molecule has 0 bridgehead atoms. The van der Waals surface area contributed by atoms with Crippen molar-refractivity contribution in [3.63, 3.8) is 0 Å². The Morgan fingerprint density at radius 3 is 2.36 bits per heavy atom. The van der Waals surface area contributed by atoms with Crippen molar-refractivity contribution in [1.29, 1.82) is 0 Å². The summed E-state index contributed by atoms with van der Waals surface area (Å²) in [6.07, 6.45) is 1.98. The van der Waals surface area contributed by atoms with Crippen molar-refractivity contribution in [1.82, 2.24) is 0 Å². The molecule has 0 aromatic heterocycles. The normalized spacial score (nSPS) is 32.2. The highest BCUT2D eigenvalue weighted by molar-refractivity contribution is 6.74. The fourth-order valence-corrected chi connectivity index (χ4v) is 3.77. The molecule has 0 aliphatic carbocycles. The Morgan fingerprint density at radius 2 is 1.80 bits per heavy atom. The van der Waals surface area contributed by atoms with Crippen LogP contribution in [0.1, 0.15) is 34.6 Å². The molecule has 6 nitrogen and oxygen atoms in total. The summed E-state index contributed by atoms with van der Waals surface area (Å²) in [5.74, 6) is -1.09. The molecule has 2 saturated heterocycles. The van der Waals surface area contributed by atoms with E-state index in [-0.39, 0.29) is 29.5 Å². The van der Waals surface area contributed by atoms with E-state index in [0.29, 0.717) is 6.61 Å². The molecule has 25 heavy (non-hydrogen) atoms. The van der Waals surface area contributed by atoms with Gasteiger partial charge < -0.3 is 23.4 Å². The highest BCUT2D eigenvalue weighted by Gasteiger charge is 2.55. The lowest BCUT2D eigenvalue weighted by Crippen LogP contribution is -2.44. The van der Waals surface area contributed by atoms with Crippen LogP contribution < -0.4 is 0 Å². The minimum atomic E-state index is -1.88. The Morgan fingerprint density at radius 1 is 1.20 bits per heavy atom. The molecule has 7 heteroatoms. The molecule has 0 N–H and O–H groups in total. The van der Waals surface area contributed by atoms with Crippen LogP contribution in [-0.2, 0) is 28.2 Å². The van der Waals surface area contributed by atoms with Crippen molar-refractivity contribution in [3.8, 4) is 0 Å². The second kappa shape index (κ2) is 7.11. The van der Waals surface area contributed by atoms with Crippen molar-refractivity contribution in [2.24, 2.45) is 0 Å². The van der Waals surface area contributed by atoms with Crippen LogP contribution in [-0.4, -0.2) is 58.2 Å². The third-order valence-corrected chi connectivity index (χ3v) is 9.72. The van der Waals surface area contributed by atoms with Crippen molar-refractivity contribution >= 4 is 14.3 Å². The van der Waals surface area contributed by atoms with Gasteiger partial charge in [-0.05, 0) is 38.1 Å². The van der Waals surface area contributed by atoms with E-state index in [0.717, 1.165) is 0 Å². The lowest BCUT2D eigenvalue weighted by Gasteiger charge is -2.37. The van der Waals surface area contributed by atoms with Crippen molar-refractivity contribution < 1.29 is 28.2 Å². The van der Waals surface area contributed by atoms with Crippen LogP contribution in [0.25, 0.3) is 0 Å². The summed E-state index contributed by atoms with van der Waals surface area (Å²) in [7, 11) is -0.538. The number of rotatable bonds is 5. The molecule has 2 rings (SSSR count). The Balaban J connectivity index is 2.09. The van der Waals surface area contributed by atoms with Gasteiger partial charge in [-0.2, -0.15) is 0 Å². The molecule has 144 valence electrons. The third kappa shape index (κ3) is 4.71. The number of ether oxygens (including phenoxy) is 4. The molecule has 0 aromatic carbocycles. The molecule has 0 spiro atoms. The lowest BCUT2D eigenvalue weighted by atomic mass is 10.1. The number of hydrogen-bond donors (Lipinski definition) is 0. The molecule has 0 unspecified atom stereocenters. The molecular formula is C18H32O6Si. The van der Waals surface area contributed by atoms with Gasteiger partial charge in [-0.15, -0.1) is 0 Å². The minimum Gasteiger partial charge on any atom is -0.466 e. The fraction of sp³-hybridized carbons (Fsp3) is 0.833. The minimum absolute atomic E-state index is 0.126. The molecule has 0 aromatic rings. The first-order chi connectivity index (χ1) is 11.4. The maximum absolute atomic E-state index is 11.4. The smallest absolute Gasteiger partial charge is 0.330 e. The molecule has 2 aliphatic heterocycles. The third-order valence-electron chi connectivity index (χ3n) is 5.22. The topological polar surface area (TPSA) is 63.2 Å². The highest BCUT2D eigenvalue weighted by Crippen LogP contribution is 2.41. The zero-order valence-electron chi connectivity index (χ0n) is 16.6. The number of carbonyl (C=O) groups is 1. The molecule has 2 aliphatic rings. The Bertz CT molecular complexity index is 522. The molecule has 0 radical (unpaired) electrons. The van der Waals surface area contributed by atoms with E-state index in [1.807, 2.05) is 13.8 Å². The van der Waals surface area contributed by atoms with E-state index in [1.165, 1.54) is 13.2 Å². The predicted octanol–water partition coefficient (Wildman–Crippen LogP) is 3.02. The molecular weight excluding hydrogens is 340 g/mol. The van der Waals surface area contributed by atoms with Gasteiger partial charge in [0.25, 0.3) is 0 Å². The molecule has 4 atom stereocenters. The van der Waals surface area contributed by atoms with E-state index in [1.54, 1.807) is 6.08 Å². The van der Waals surface area contributed by atoms with Crippen LogP contribution in [0.4, 0.5) is 0 Å². The number of methoxy groups -OCH3 is 1. The maximum atomic E-state index is 11.4. The summed E-state index contributed by atoms with van der Waals surface area (Å²) in [5, 5.41) is 0.126. The quantitative estimate of drug-likeness (QED) is 0.420. The van der Waals surface area contributed by atoms with Gasteiger partial charge in [-0.25, -0.2) is 4.79 Å². The standard InChI is InChI=1S/C18H32O6Si/c1-17(2,3)25(7,8)21-11-13-16-15(23-18(4,5)24-16)12(22-13)9-10-14(19)20-6/h9-10,12-13,15-16H,11H2,1-8H3/b10-9+/t12-,13+,15+,16-/m0/s1. The second-order valence-electron chi connectivity index (χ2n) is 8.66. The van der Waals surface area contributed by atoms with Gasteiger partial charge >= 0.3 is 5.97 Å². The van der Waals surface area contributed by atoms with E-state index >= 15 is 0 Å². The Kier molecular flexibility index (Phi) is 5.86. The predicted molar refractivity (Wildman–Crippen MR) is 96.8 cm³/mol. The lowest BCUT2D eigenvalue weighted by molar-refractivity contribution is -0.184. The van der Waals surface area contributed by atoms with E-state index in [4.69, 9.17) is 18.6 Å². The van der Waals surface area contributed by atoms with E-state index in [9.17, 15) is 4.79 Å². The summed E-state index contributed by atoms with van der Waals surface area (Å²) in [5.41, 5.74) is 0. The van der Waals surface area contributed by atoms with Crippen LogP contribution in [0.5, 0.6) is 0 Å². The first-order valence-electron chi connectivity index (χ1n) is 8.77. The average molecular weight is 373 g/mol. The molecule has 0 saturated carbocycles. The zero-order valence-corrected chi connectivity index (χ0v) is 17.6. The van der Waals surface area contributed by atoms with Gasteiger partial charge in [0.1, 0.15) is 24.4 Å². The summed E-state index contributed by atoms with van der Waals surface area (Å²) >= 11 is 0. The van der Waals surface area contributed by atoms with Gasteiger partial charge in [-0.3, -0.25) is 0 Å². The Labute approximate surface area is 151 Å². The van der Waals surface area contributed by atoms with Crippen LogP contribution in [0, 0.1) is 0 Å². The largest absolute Gasteiger partial charge is 0.466 e. The fourth-order valence-electron chi connectivity index (χ4n) is 2.75. The maximum Gasteiger partial charge on any atom is 0.330 e. The average Bonchev–Trinajstić information content (AvgIpc) is 2.95. The molecule has 2 fully saturated rings. The second-order valence-corrected chi connectivity index (χ2v) is 13.5. The summed E-state index contributed by atoms with van der Waals surface area (Å²) in [6, 6.07) is 0. The van der Waals surface area contributed by atoms with Gasteiger partial charge in [0, 0.05) is 6.08 Å². The number of hydrogen-bond acceptors (Lipinski definition) is 6. The summed E-state index contributed by atoms with van der Waals surface area (Å²) in [4.78, 5) is 11.4. The first-order valence-corrected chi connectivity index (χ1v) is 11.7. The van der Waals surface area contributed by atoms with E-state index < -0.39 is 20.1 Å². The van der Waals surface area contributed by atoms with Crippen LogP contribution in [0.3, 0.4) is 0 Å². The monoisotopic (exact) mass is 372 g/mol. The zero-order chi connectivity index (χ0) is 19.0. The molecule has 0 amide bonds. The van der Waals surface area contributed by atoms with Crippen molar-refractivity contribution in [3.05, 3.63) is 12.2 Å². The summed E-state index contributed by atoms with van der Waals surface area (Å²) in [6.45, 7) is 15.3. The number of fused-ring (bicyclic) bond motifs is 1. The van der Waals surface area contributed by atoms with Crippen LogP contribution >= 0.6 is 0 Å². The van der Waals surface area contributed by atoms with Gasteiger partial charge in [0.05, 0.1) is 13.7 Å². The van der Waals surface area contributed by atoms with E-state index in [2.05, 4.69) is 38.6 Å². The van der Waals surface area contributed by atoms with Crippen molar-refractivity contribution in [2.75, 3.05) is 13.7 Å². The highest BCUT2D eigenvalue weighted by atomic mass is 28.4. The Hall–Kier alpha value is -0.733. The first kappa shape index (κ1) is 20.6. The van der Waals surface area contributed by atoms with Crippen LogP contribution in [0.15, 0.2) is 12.2 Å². The number of carbonyl (C=O) groups excluding carboxylic acids is 1. The summed E-state index contributed by atoms with van der Waals surface area (Å²) < 4.78 is 29.1. The van der Waals surface area contributed by atoms with Gasteiger partial charge in [0.2, 0.25) is 0 Å². The van der Waals surface area contributed by atoms with Gasteiger partial charge in [-0.1, -0.05) is 20.8 Å².